The monoisotopic (exact) mass is 316 g/mol. The van der Waals surface area contributed by atoms with Crippen molar-refractivity contribution in [2.24, 2.45) is 0 Å². The van der Waals surface area contributed by atoms with Crippen molar-refractivity contribution in [3.05, 3.63) is 58.9 Å². The molecule has 0 saturated heterocycles. The van der Waals surface area contributed by atoms with Gasteiger partial charge in [0.05, 0.1) is 6.54 Å². The van der Waals surface area contributed by atoms with Gasteiger partial charge in [0, 0.05) is 5.69 Å². The molecule has 0 aliphatic rings. The molecule has 2 amide bonds. The van der Waals surface area contributed by atoms with E-state index in [0.29, 0.717) is 18.8 Å². The fourth-order valence-corrected chi connectivity index (χ4v) is 2.17. The predicted octanol–water partition coefficient (Wildman–Crippen LogP) is 3.95. The van der Waals surface area contributed by atoms with Crippen molar-refractivity contribution in [3.8, 4) is 5.75 Å². The van der Waals surface area contributed by atoms with Gasteiger partial charge in [0.25, 0.3) is 0 Å². The van der Waals surface area contributed by atoms with Gasteiger partial charge in [-0.3, -0.25) is 0 Å². The number of ether oxygens (including phenoxy) is 1. The van der Waals surface area contributed by atoms with E-state index >= 15 is 0 Å². The zero-order valence-corrected chi connectivity index (χ0v) is 13.6. The number of benzene rings is 2. The summed E-state index contributed by atoms with van der Waals surface area (Å²) in [6.45, 7) is 6.81. The van der Waals surface area contributed by atoms with E-state index in [0.717, 1.165) is 16.9 Å². The lowest BCUT2D eigenvalue weighted by molar-refractivity contribution is 0.247. The van der Waals surface area contributed by atoms with E-state index in [-0.39, 0.29) is 11.8 Å². The molecule has 23 heavy (non-hydrogen) atoms. The zero-order valence-electron chi connectivity index (χ0n) is 13.6. The highest BCUT2D eigenvalue weighted by Crippen LogP contribution is 2.25. The van der Waals surface area contributed by atoms with Crippen LogP contribution in [0.1, 0.15) is 16.7 Å². The van der Waals surface area contributed by atoms with Crippen LogP contribution in [-0.4, -0.2) is 19.2 Å². The lowest BCUT2D eigenvalue weighted by atomic mass is 10.1. The second-order valence-corrected chi connectivity index (χ2v) is 5.39. The molecule has 0 unspecified atom stereocenters. The van der Waals surface area contributed by atoms with Gasteiger partial charge < -0.3 is 15.4 Å². The van der Waals surface area contributed by atoms with Gasteiger partial charge in [-0.1, -0.05) is 12.1 Å². The molecule has 122 valence electrons. The molecular formula is C18H21FN2O2. The third kappa shape index (κ3) is 4.71. The van der Waals surface area contributed by atoms with Gasteiger partial charge in [-0.25, -0.2) is 9.18 Å². The minimum atomic E-state index is -0.349. The maximum Gasteiger partial charge on any atom is 0.319 e. The fraction of sp³-hybridized carbons (Fsp3) is 0.278. The van der Waals surface area contributed by atoms with Crippen molar-refractivity contribution in [1.82, 2.24) is 5.32 Å². The van der Waals surface area contributed by atoms with Gasteiger partial charge in [0.15, 0.2) is 0 Å². The third-order valence-electron chi connectivity index (χ3n) is 3.61. The first kappa shape index (κ1) is 16.8. The molecule has 0 aliphatic carbocycles. The van der Waals surface area contributed by atoms with Gasteiger partial charge >= 0.3 is 6.03 Å². The van der Waals surface area contributed by atoms with Crippen LogP contribution in [0.25, 0.3) is 0 Å². The van der Waals surface area contributed by atoms with E-state index in [4.69, 9.17) is 4.74 Å². The number of hydrogen-bond donors (Lipinski definition) is 2. The summed E-state index contributed by atoms with van der Waals surface area (Å²) in [6, 6.07) is 9.33. The maximum atomic E-state index is 12.8. The maximum absolute atomic E-state index is 12.8. The van der Waals surface area contributed by atoms with Crippen molar-refractivity contribution < 1.29 is 13.9 Å². The van der Waals surface area contributed by atoms with Crippen LogP contribution in [0.4, 0.5) is 14.9 Å². The van der Waals surface area contributed by atoms with Gasteiger partial charge in [-0.2, -0.15) is 0 Å². The van der Waals surface area contributed by atoms with Crippen LogP contribution < -0.4 is 15.4 Å². The molecule has 0 bridgehead atoms. The molecule has 0 atom stereocenters. The second-order valence-electron chi connectivity index (χ2n) is 5.39. The average Bonchev–Trinajstić information content (AvgIpc) is 2.52. The summed E-state index contributed by atoms with van der Waals surface area (Å²) in [4.78, 5) is 11.7. The largest absolute Gasteiger partial charge is 0.491 e. The van der Waals surface area contributed by atoms with Crippen LogP contribution in [-0.2, 0) is 0 Å². The Kier molecular flexibility index (Phi) is 5.57. The SMILES string of the molecule is Cc1ccc(C)c(OCCNC(=O)Nc2ccc(F)cc2)c1C. The van der Waals surface area contributed by atoms with Gasteiger partial charge in [-0.15, -0.1) is 0 Å². The van der Waals surface area contributed by atoms with Crippen LogP contribution in [0.2, 0.25) is 0 Å². The molecule has 0 heterocycles. The molecule has 2 rings (SSSR count). The molecule has 5 heteroatoms. The normalized spacial score (nSPS) is 10.3. The van der Waals surface area contributed by atoms with E-state index < -0.39 is 0 Å². The highest BCUT2D eigenvalue weighted by atomic mass is 19.1. The first-order valence-corrected chi connectivity index (χ1v) is 7.47. The Morgan fingerprint density at radius 2 is 1.70 bits per heavy atom. The quantitative estimate of drug-likeness (QED) is 0.821. The number of rotatable bonds is 5. The Balaban J connectivity index is 1.78. The molecule has 4 nitrogen and oxygen atoms in total. The summed E-state index contributed by atoms with van der Waals surface area (Å²) in [7, 11) is 0. The van der Waals surface area contributed by atoms with E-state index in [1.165, 1.54) is 29.8 Å². The molecule has 2 N–H and O–H groups in total. The molecule has 0 fully saturated rings. The van der Waals surface area contributed by atoms with Crippen LogP contribution >= 0.6 is 0 Å². The Hall–Kier alpha value is -2.56. The Bertz CT molecular complexity index is 684. The second kappa shape index (κ2) is 7.63. The smallest absolute Gasteiger partial charge is 0.319 e. The summed E-state index contributed by atoms with van der Waals surface area (Å²) in [6.07, 6.45) is 0. The predicted molar refractivity (Wildman–Crippen MR) is 89.6 cm³/mol. The number of halogens is 1. The molecule has 0 spiro atoms. The molecule has 0 aromatic heterocycles. The molecule has 0 saturated carbocycles. The van der Waals surface area contributed by atoms with E-state index in [1.807, 2.05) is 26.8 Å². The van der Waals surface area contributed by atoms with Gasteiger partial charge in [-0.05, 0) is 61.7 Å². The molecule has 2 aromatic rings. The highest BCUT2D eigenvalue weighted by molar-refractivity contribution is 5.89. The third-order valence-corrected chi connectivity index (χ3v) is 3.61. The molecule has 0 radical (unpaired) electrons. The number of nitrogens with one attached hydrogen (secondary N) is 2. The topological polar surface area (TPSA) is 50.4 Å². The number of aryl methyl sites for hydroxylation is 2. The lowest BCUT2D eigenvalue weighted by Gasteiger charge is -2.14. The Labute approximate surface area is 135 Å². The molecular weight excluding hydrogens is 295 g/mol. The minimum Gasteiger partial charge on any atom is -0.491 e. The number of carbonyl (C=O) groups excluding carboxylic acids is 1. The van der Waals surface area contributed by atoms with E-state index in [1.54, 1.807) is 0 Å². The van der Waals surface area contributed by atoms with Crippen LogP contribution in [0.15, 0.2) is 36.4 Å². The summed E-state index contributed by atoms with van der Waals surface area (Å²) in [5.74, 6) is 0.527. The van der Waals surface area contributed by atoms with Gasteiger partial charge in [0.1, 0.15) is 18.2 Å². The minimum absolute atomic E-state index is 0.340. The average molecular weight is 316 g/mol. The summed E-state index contributed by atoms with van der Waals surface area (Å²) >= 11 is 0. The summed E-state index contributed by atoms with van der Waals surface area (Å²) in [5, 5.41) is 5.33. The van der Waals surface area contributed by atoms with E-state index in [9.17, 15) is 9.18 Å². The van der Waals surface area contributed by atoms with Crippen LogP contribution in [0, 0.1) is 26.6 Å². The van der Waals surface area contributed by atoms with Crippen molar-refractivity contribution in [2.75, 3.05) is 18.5 Å². The number of urea groups is 1. The van der Waals surface area contributed by atoms with Crippen molar-refractivity contribution >= 4 is 11.7 Å². The van der Waals surface area contributed by atoms with Crippen molar-refractivity contribution in [1.29, 1.82) is 0 Å². The van der Waals surface area contributed by atoms with Crippen molar-refractivity contribution in [2.45, 2.75) is 20.8 Å². The number of carbonyl (C=O) groups is 1. The number of anilines is 1. The molecule has 2 aromatic carbocycles. The first-order chi connectivity index (χ1) is 11.0. The van der Waals surface area contributed by atoms with Crippen molar-refractivity contribution in [3.63, 3.8) is 0 Å². The summed E-state index contributed by atoms with van der Waals surface area (Å²) in [5.41, 5.74) is 3.90. The number of amides is 2. The number of hydrogen-bond acceptors (Lipinski definition) is 2. The fourth-order valence-electron chi connectivity index (χ4n) is 2.17. The standard InChI is InChI=1S/C18H21FN2O2/c1-12-4-5-13(2)17(14(12)3)23-11-10-20-18(22)21-16-8-6-15(19)7-9-16/h4-9H,10-11H2,1-3H3,(H2,20,21,22). The zero-order chi connectivity index (χ0) is 16.8. The van der Waals surface area contributed by atoms with E-state index in [2.05, 4.69) is 16.7 Å². The molecule has 0 aliphatic heterocycles. The highest BCUT2D eigenvalue weighted by Gasteiger charge is 2.07. The lowest BCUT2D eigenvalue weighted by Crippen LogP contribution is -2.32. The van der Waals surface area contributed by atoms with Crippen LogP contribution in [0.3, 0.4) is 0 Å². The van der Waals surface area contributed by atoms with Gasteiger partial charge in [0.2, 0.25) is 0 Å². The van der Waals surface area contributed by atoms with Crippen LogP contribution in [0.5, 0.6) is 5.75 Å². The first-order valence-electron chi connectivity index (χ1n) is 7.47. The Morgan fingerprint density at radius 3 is 2.39 bits per heavy atom. The summed E-state index contributed by atoms with van der Waals surface area (Å²) < 4.78 is 18.6. The Morgan fingerprint density at radius 1 is 1.04 bits per heavy atom.